The van der Waals surface area contributed by atoms with E-state index in [0.29, 0.717) is 23.7 Å². The maximum absolute atomic E-state index is 11.4. The SMILES string of the molecule is CCOC(=O)c1cnc(CC(N)=O)nc1C. The van der Waals surface area contributed by atoms with Gasteiger partial charge >= 0.3 is 5.97 Å². The molecule has 1 heterocycles. The molecule has 0 fully saturated rings. The Morgan fingerprint density at radius 1 is 1.50 bits per heavy atom. The van der Waals surface area contributed by atoms with Crippen molar-refractivity contribution in [2.45, 2.75) is 20.3 Å². The topological polar surface area (TPSA) is 95.2 Å². The molecule has 0 radical (unpaired) electrons. The van der Waals surface area contributed by atoms with Crippen molar-refractivity contribution >= 4 is 11.9 Å². The second-order valence-electron chi connectivity index (χ2n) is 3.15. The third-order valence-electron chi connectivity index (χ3n) is 1.86. The summed E-state index contributed by atoms with van der Waals surface area (Å²) in [5.41, 5.74) is 5.79. The fourth-order valence-electron chi connectivity index (χ4n) is 1.17. The molecule has 0 bridgehead atoms. The standard InChI is InChI=1S/C10H13N3O3/c1-3-16-10(15)7-5-12-9(4-8(11)14)13-6(7)2/h5H,3-4H2,1-2H3,(H2,11,14). The van der Waals surface area contributed by atoms with Gasteiger partial charge in [0.2, 0.25) is 5.91 Å². The smallest absolute Gasteiger partial charge is 0.341 e. The third kappa shape index (κ3) is 3.01. The zero-order valence-corrected chi connectivity index (χ0v) is 9.19. The molecular formula is C10H13N3O3. The normalized spacial score (nSPS) is 9.88. The summed E-state index contributed by atoms with van der Waals surface area (Å²) < 4.78 is 4.82. The Bertz CT molecular complexity index is 418. The number of rotatable bonds is 4. The number of primary amides is 1. The van der Waals surface area contributed by atoms with Gasteiger partial charge in [-0.15, -0.1) is 0 Å². The largest absolute Gasteiger partial charge is 0.462 e. The number of aromatic nitrogens is 2. The van der Waals surface area contributed by atoms with Crippen molar-refractivity contribution in [3.63, 3.8) is 0 Å². The molecule has 16 heavy (non-hydrogen) atoms. The van der Waals surface area contributed by atoms with Crippen LogP contribution in [0.2, 0.25) is 0 Å². The number of amides is 1. The lowest BCUT2D eigenvalue weighted by molar-refractivity contribution is -0.117. The van der Waals surface area contributed by atoms with Gasteiger partial charge in [0.15, 0.2) is 0 Å². The second-order valence-corrected chi connectivity index (χ2v) is 3.15. The summed E-state index contributed by atoms with van der Waals surface area (Å²) in [6.45, 7) is 3.66. The van der Waals surface area contributed by atoms with E-state index in [1.54, 1.807) is 13.8 Å². The summed E-state index contributed by atoms with van der Waals surface area (Å²) in [6, 6.07) is 0. The Labute approximate surface area is 92.8 Å². The molecule has 1 aromatic heterocycles. The van der Waals surface area contributed by atoms with E-state index in [1.165, 1.54) is 6.20 Å². The number of carbonyl (C=O) groups excluding carboxylic acids is 2. The zero-order valence-electron chi connectivity index (χ0n) is 9.19. The van der Waals surface area contributed by atoms with Crippen LogP contribution in [-0.2, 0) is 16.0 Å². The van der Waals surface area contributed by atoms with Crippen molar-refractivity contribution in [2.24, 2.45) is 5.73 Å². The molecule has 1 rings (SSSR count). The Hall–Kier alpha value is -1.98. The molecule has 0 saturated carbocycles. The van der Waals surface area contributed by atoms with Crippen molar-refractivity contribution in [3.8, 4) is 0 Å². The predicted molar refractivity (Wildman–Crippen MR) is 55.6 cm³/mol. The minimum absolute atomic E-state index is 0.0378. The number of nitrogens with zero attached hydrogens (tertiary/aromatic N) is 2. The molecule has 1 aromatic rings. The molecule has 6 heteroatoms. The average molecular weight is 223 g/mol. The van der Waals surface area contributed by atoms with E-state index in [2.05, 4.69) is 9.97 Å². The molecule has 0 spiro atoms. The van der Waals surface area contributed by atoms with Crippen LogP contribution in [0.15, 0.2) is 6.20 Å². The predicted octanol–water partition coefficient (Wildman–Crippen LogP) is -0.0105. The zero-order chi connectivity index (χ0) is 12.1. The first-order chi connectivity index (χ1) is 7.54. The van der Waals surface area contributed by atoms with Gasteiger partial charge in [-0.1, -0.05) is 0 Å². The van der Waals surface area contributed by atoms with Crippen LogP contribution in [0.4, 0.5) is 0 Å². The second kappa shape index (κ2) is 5.20. The number of ether oxygens (including phenoxy) is 1. The molecule has 0 aliphatic rings. The summed E-state index contributed by atoms with van der Waals surface area (Å²) in [4.78, 5) is 29.9. The highest BCUT2D eigenvalue weighted by Crippen LogP contribution is 2.06. The number of nitrogens with two attached hydrogens (primary N) is 1. The number of esters is 1. The van der Waals surface area contributed by atoms with Gasteiger partial charge in [0, 0.05) is 6.20 Å². The Morgan fingerprint density at radius 3 is 2.69 bits per heavy atom. The fraction of sp³-hybridized carbons (Fsp3) is 0.400. The van der Waals surface area contributed by atoms with E-state index in [4.69, 9.17) is 10.5 Å². The minimum Gasteiger partial charge on any atom is -0.462 e. The molecule has 0 aromatic carbocycles. The van der Waals surface area contributed by atoms with Crippen molar-refractivity contribution in [1.29, 1.82) is 0 Å². The molecule has 0 aliphatic carbocycles. The van der Waals surface area contributed by atoms with Crippen LogP contribution in [0, 0.1) is 6.92 Å². The number of hydrogen-bond acceptors (Lipinski definition) is 5. The van der Waals surface area contributed by atoms with Gasteiger partial charge in [0.05, 0.1) is 24.3 Å². The van der Waals surface area contributed by atoms with Crippen LogP contribution >= 0.6 is 0 Å². The number of hydrogen-bond donors (Lipinski definition) is 1. The van der Waals surface area contributed by atoms with Crippen LogP contribution < -0.4 is 5.73 Å². The summed E-state index contributed by atoms with van der Waals surface area (Å²) in [5, 5.41) is 0. The van der Waals surface area contributed by atoms with Gasteiger partial charge in [-0.05, 0) is 13.8 Å². The highest BCUT2D eigenvalue weighted by atomic mass is 16.5. The van der Waals surface area contributed by atoms with Crippen LogP contribution in [0.25, 0.3) is 0 Å². The number of aryl methyl sites for hydroxylation is 1. The molecule has 0 unspecified atom stereocenters. The van der Waals surface area contributed by atoms with Crippen molar-refractivity contribution < 1.29 is 14.3 Å². The van der Waals surface area contributed by atoms with Crippen LogP contribution in [0.3, 0.4) is 0 Å². The highest BCUT2D eigenvalue weighted by Gasteiger charge is 2.13. The highest BCUT2D eigenvalue weighted by molar-refractivity contribution is 5.90. The lowest BCUT2D eigenvalue weighted by Gasteiger charge is -2.05. The molecule has 86 valence electrons. The minimum atomic E-state index is -0.511. The van der Waals surface area contributed by atoms with Crippen LogP contribution in [-0.4, -0.2) is 28.5 Å². The van der Waals surface area contributed by atoms with E-state index in [1.807, 2.05) is 0 Å². The molecule has 1 amide bonds. The summed E-state index contributed by atoms with van der Waals surface area (Å²) in [6.07, 6.45) is 1.31. The lowest BCUT2D eigenvalue weighted by atomic mass is 10.2. The lowest BCUT2D eigenvalue weighted by Crippen LogP contribution is -2.17. The van der Waals surface area contributed by atoms with E-state index in [-0.39, 0.29) is 6.42 Å². The molecule has 2 N–H and O–H groups in total. The van der Waals surface area contributed by atoms with Crippen LogP contribution in [0.5, 0.6) is 0 Å². The molecule has 6 nitrogen and oxygen atoms in total. The first-order valence-corrected chi connectivity index (χ1v) is 4.82. The quantitative estimate of drug-likeness (QED) is 0.724. The van der Waals surface area contributed by atoms with E-state index in [0.717, 1.165) is 0 Å². The number of carbonyl (C=O) groups is 2. The van der Waals surface area contributed by atoms with E-state index >= 15 is 0 Å². The van der Waals surface area contributed by atoms with Crippen molar-refractivity contribution in [2.75, 3.05) is 6.61 Å². The van der Waals surface area contributed by atoms with Gasteiger partial charge in [-0.3, -0.25) is 4.79 Å². The average Bonchev–Trinajstić information content (AvgIpc) is 2.16. The third-order valence-corrected chi connectivity index (χ3v) is 1.86. The molecule has 0 saturated heterocycles. The van der Waals surface area contributed by atoms with E-state index < -0.39 is 11.9 Å². The van der Waals surface area contributed by atoms with Gasteiger partial charge < -0.3 is 10.5 Å². The molecule has 0 aliphatic heterocycles. The Morgan fingerprint density at radius 2 is 2.19 bits per heavy atom. The monoisotopic (exact) mass is 223 g/mol. The van der Waals surface area contributed by atoms with Crippen molar-refractivity contribution in [1.82, 2.24) is 9.97 Å². The van der Waals surface area contributed by atoms with Gasteiger partial charge in [-0.2, -0.15) is 0 Å². The van der Waals surface area contributed by atoms with Crippen LogP contribution in [0.1, 0.15) is 28.8 Å². The first kappa shape index (κ1) is 12.1. The fourth-order valence-corrected chi connectivity index (χ4v) is 1.17. The maximum Gasteiger partial charge on any atom is 0.341 e. The Kier molecular flexibility index (Phi) is 3.93. The van der Waals surface area contributed by atoms with Gasteiger partial charge in [0.1, 0.15) is 5.82 Å². The summed E-state index contributed by atoms with van der Waals surface area (Å²) in [5.74, 6) is -0.674. The molecule has 0 atom stereocenters. The first-order valence-electron chi connectivity index (χ1n) is 4.82. The van der Waals surface area contributed by atoms with Crippen molar-refractivity contribution in [3.05, 3.63) is 23.3 Å². The maximum atomic E-state index is 11.4. The summed E-state index contributed by atoms with van der Waals surface area (Å²) in [7, 11) is 0. The van der Waals surface area contributed by atoms with Gasteiger partial charge in [-0.25, -0.2) is 14.8 Å². The molecular weight excluding hydrogens is 210 g/mol. The van der Waals surface area contributed by atoms with Gasteiger partial charge in [0.25, 0.3) is 0 Å². The van der Waals surface area contributed by atoms with E-state index in [9.17, 15) is 9.59 Å². The Balaban J connectivity index is 2.91. The summed E-state index contributed by atoms with van der Waals surface area (Å²) >= 11 is 0.